The van der Waals surface area contributed by atoms with E-state index in [-0.39, 0.29) is 16.4 Å². The van der Waals surface area contributed by atoms with Gasteiger partial charge in [-0.2, -0.15) is 0 Å². The molecule has 3 rings (SSSR count). The number of carbonyl (C=O) groups is 4. The van der Waals surface area contributed by atoms with Gasteiger partial charge in [0.15, 0.2) is 17.6 Å². The quantitative estimate of drug-likeness (QED) is 0.487. The van der Waals surface area contributed by atoms with E-state index in [9.17, 15) is 19.2 Å². The molecule has 0 aliphatic carbocycles. The van der Waals surface area contributed by atoms with Crippen molar-refractivity contribution in [2.75, 3.05) is 19.0 Å². The number of aliphatic carboxylic acids is 1. The number of carboxylic acid groups (broad SMARTS) is 1. The second kappa shape index (κ2) is 10.5. The third-order valence-corrected chi connectivity index (χ3v) is 5.90. The van der Waals surface area contributed by atoms with Gasteiger partial charge in [-0.25, -0.2) is 4.79 Å². The second-order valence-corrected chi connectivity index (χ2v) is 8.71. The first-order valence-electron chi connectivity index (χ1n) is 9.57. The lowest BCUT2D eigenvalue weighted by Crippen LogP contribution is -2.36. The molecule has 0 radical (unpaired) electrons. The molecule has 9 nitrogen and oxygen atoms in total. The molecule has 172 valence electrons. The Morgan fingerprint density at radius 3 is 2.55 bits per heavy atom. The number of anilines is 1. The normalized spacial score (nSPS) is 15.5. The molecule has 2 aromatic carbocycles. The number of carbonyl (C=O) groups excluding carboxylic acids is 3. The number of ether oxygens (including phenoxy) is 2. The summed E-state index contributed by atoms with van der Waals surface area (Å²) in [6, 6.07) is 11.7. The second-order valence-electron chi connectivity index (χ2n) is 6.80. The van der Waals surface area contributed by atoms with Crippen molar-refractivity contribution in [1.82, 2.24) is 4.90 Å². The minimum absolute atomic E-state index is 0.0672. The van der Waals surface area contributed by atoms with Crippen LogP contribution in [-0.2, 0) is 14.4 Å². The average molecular weight is 535 g/mol. The van der Waals surface area contributed by atoms with Gasteiger partial charge in [-0.1, -0.05) is 28.1 Å². The van der Waals surface area contributed by atoms with E-state index in [2.05, 4.69) is 21.2 Å². The number of nitrogens with zero attached hydrogens (tertiary/aromatic N) is 1. The minimum atomic E-state index is -1.18. The number of hydrogen-bond acceptors (Lipinski definition) is 7. The molecule has 0 bridgehead atoms. The molecule has 0 unspecified atom stereocenters. The lowest BCUT2D eigenvalue weighted by Gasteiger charge is -2.16. The number of thioether (sulfide) groups is 1. The molecule has 0 spiro atoms. The molecule has 2 aromatic rings. The first kappa shape index (κ1) is 24.3. The van der Waals surface area contributed by atoms with Crippen LogP contribution in [0.15, 0.2) is 51.8 Å². The molecule has 2 N–H and O–H groups in total. The van der Waals surface area contributed by atoms with Crippen molar-refractivity contribution in [1.29, 1.82) is 0 Å². The van der Waals surface area contributed by atoms with Gasteiger partial charge in [0.25, 0.3) is 11.1 Å². The molecule has 1 atom stereocenters. The number of carboxylic acids is 1. The third-order valence-electron chi connectivity index (χ3n) is 4.46. The van der Waals surface area contributed by atoms with Gasteiger partial charge in [0.05, 0.1) is 12.0 Å². The van der Waals surface area contributed by atoms with E-state index in [1.807, 2.05) is 0 Å². The Bertz CT molecular complexity index is 1130. The van der Waals surface area contributed by atoms with Crippen LogP contribution in [-0.4, -0.2) is 52.8 Å². The van der Waals surface area contributed by atoms with Gasteiger partial charge in [0, 0.05) is 15.7 Å². The highest BCUT2D eigenvalue weighted by Crippen LogP contribution is 2.37. The van der Waals surface area contributed by atoms with Crippen molar-refractivity contribution < 1.29 is 33.8 Å². The molecular weight excluding hydrogens is 516 g/mol. The van der Waals surface area contributed by atoms with Gasteiger partial charge in [0.2, 0.25) is 5.91 Å². The highest BCUT2D eigenvalue weighted by atomic mass is 79.9. The van der Waals surface area contributed by atoms with Gasteiger partial charge in [-0.05, 0) is 55.1 Å². The maximum Gasteiger partial charge on any atom is 0.344 e. The summed E-state index contributed by atoms with van der Waals surface area (Å²) in [6.45, 7) is 0.909. The van der Waals surface area contributed by atoms with Crippen LogP contribution in [0, 0.1) is 0 Å². The molecule has 33 heavy (non-hydrogen) atoms. The van der Waals surface area contributed by atoms with Crippen molar-refractivity contribution >= 4 is 62.5 Å². The molecule has 1 fully saturated rings. The van der Waals surface area contributed by atoms with Crippen LogP contribution in [0.3, 0.4) is 0 Å². The number of halogens is 1. The molecule has 1 saturated heterocycles. The molecule has 1 heterocycles. The SMILES string of the molecule is COc1cccc(/C=C2\SC(=O)N(CC(=O)Nc3ccc(Br)cc3)C2=O)c1O[C@@H](C)C(=O)O. The van der Waals surface area contributed by atoms with Crippen LogP contribution in [0.2, 0.25) is 0 Å². The summed E-state index contributed by atoms with van der Waals surface area (Å²) >= 11 is 3.97. The fraction of sp³-hybridized carbons (Fsp3) is 0.182. The van der Waals surface area contributed by atoms with Crippen LogP contribution in [0.5, 0.6) is 11.5 Å². The molecule has 3 amide bonds. The first-order chi connectivity index (χ1) is 15.7. The van der Waals surface area contributed by atoms with Crippen molar-refractivity contribution in [2.45, 2.75) is 13.0 Å². The predicted molar refractivity (Wildman–Crippen MR) is 126 cm³/mol. The Kier molecular flexibility index (Phi) is 7.77. The standard InChI is InChI=1S/C22H19BrN2O7S/c1-12(21(28)29)32-19-13(4-3-5-16(19)31-2)10-17-20(27)25(22(30)33-17)11-18(26)24-15-8-6-14(23)7-9-15/h3-10,12H,11H2,1-2H3,(H,24,26)(H,28,29)/b17-10-/t12-/m0/s1. The van der Waals surface area contributed by atoms with Crippen LogP contribution in [0.4, 0.5) is 10.5 Å². The number of benzene rings is 2. The molecule has 1 aliphatic rings. The summed E-state index contributed by atoms with van der Waals surface area (Å²) in [6.07, 6.45) is 0.232. The average Bonchev–Trinajstić information content (AvgIpc) is 3.03. The van der Waals surface area contributed by atoms with Crippen LogP contribution in [0.25, 0.3) is 6.08 Å². The number of amides is 3. The summed E-state index contributed by atoms with van der Waals surface area (Å²) in [5, 5.41) is 11.2. The first-order valence-corrected chi connectivity index (χ1v) is 11.2. The van der Waals surface area contributed by atoms with E-state index in [0.717, 1.165) is 9.37 Å². The van der Waals surface area contributed by atoms with Crippen LogP contribution in [0.1, 0.15) is 12.5 Å². The highest BCUT2D eigenvalue weighted by Gasteiger charge is 2.36. The topological polar surface area (TPSA) is 122 Å². The molecular formula is C22H19BrN2O7S. The highest BCUT2D eigenvalue weighted by molar-refractivity contribution is 9.10. The zero-order chi connectivity index (χ0) is 24.1. The number of methoxy groups -OCH3 is 1. The number of hydrogen-bond donors (Lipinski definition) is 2. The monoisotopic (exact) mass is 534 g/mol. The van der Waals surface area contributed by atoms with Gasteiger partial charge < -0.3 is 19.9 Å². The summed E-state index contributed by atoms with van der Waals surface area (Å²) in [4.78, 5) is 49.7. The van der Waals surface area contributed by atoms with E-state index < -0.39 is 35.7 Å². The smallest absolute Gasteiger partial charge is 0.344 e. The maximum atomic E-state index is 12.8. The number of para-hydroxylation sites is 1. The van der Waals surface area contributed by atoms with Gasteiger partial charge in [-0.15, -0.1) is 0 Å². The number of imide groups is 1. The zero-order valence-electron chi connectivity index (χ0n) is 17.5. The molecule has 1 aliphatic heterocycles. The van der Waals surface area contributed by atoms with Crippen molar-refractivity contribution in [3.8, 4) is 11.5 Å². The van der Waals surface area contributed by atoms with Crippen molar-refractivity contribution in [2.24, 2.45) is 0 Å². The van der Waals surface area contributed by atoms with Gasteiger partial charge in [0.1, 0.15) is 6.54 Å². The van der Waals surface area contributed by atoms with Crippen molar-refractivity contribution in [3.63, 3.8) is 0 Å². The third kappa shape index (κ3) is 5.93. The summed E-state index contributed by atoms with van der Waals surface area (Å²) < 4.78 is 11.6. The summed E-state index contributed by atoms with van der Waals surface area (Å²) in [5.41, 5.74) is 0.878. The van der Waals surface area contributed by atoms with Crippen LogP contribution < -0.4 is 14.8 Å². The van der Waals surface area contributed by atoms with Gasteiger partial charge >= 0.3 is 5.97 Å². The Morgan fingerprint density at radius 2 is 1.91 bits per heavy atom. The Balaban J connectivity index is 1.80. The molecule has 0 saturated carbocycles. The Hall–Kier alpha value is -3.31. The van der Waals surface area contributed by atoms with Gasteiger partial charge in [-0.3, -0.25) is 19.3 Å². The van der Waals surface area contributed by atoms with Crippen molar-refractivity contribution in [3.05, 3.63) is 57.4 Å². The Morgan fingerprint density at radius 1 is 1.21 bits per heavy atom. The summed E-state index contributed by atoms with van der Waals surface area (Å²) in [7, 11) is 1.40. The van der Waals surface area contributed by atoms with E-state index in [0.29, 0.717) is 23.0 Å². The fourth-order valence-corrected chi connectivity index (χ4v) is 3.91. The molecule has 0 aromatic heterocycles. The van der Waals surface area contributed by atoms with E-state index in [1.165, 1.54) is 20.1 Å². The summed E-state index contributed by atoms with van der Waals surface area (Å²) in [5.74, 6) is -1.96. The van der Waals surface area contributed by atoms with E-state index in [1.54, 1.807) is 42.5 Å². The number of nitrogens with one attached hydrogen (secondary N) is 1. The Labute approximate surface area is 201 Å². The zero-order valence-corrected chi connectivity index (χ0v) is 19.9. The van der Waals surface area contributed by atoms with E-state index in [4.69, 9.17) is 14.6 Å². The molecule has 11 heteroatoms. The lowest BCUT2D eigenvalue weighted by atomic mass is 10.1. The lowest BCUT2D eigenvalue weighted by molar-refractivity contribution is -0.144. The number of rotatable bonds is 8. The maximum absolute atomic E-state index is 12.8. The largest absolute Gasteiger partial charge is 0.493 e. The van der Waals surface area contributed by atoms with E-state index >= 15 is 0 Å². The minimum Gasteiger partial charge on any atom is -0.493 e. The predicted octanol–water partition coefficient (Wildman–Crippen LogP) is 3.98. The van der Waals surface area contributed by atoms with Crippen LogP contribution >= 0.6 is 27.7 Å². The fourth-order valence-electron chi connectivity index (χ4n) is 2.82.